The van der Waals surface area contributed by atoms with E-state index in [2.05, 4.69) is 18.1 Å². The molecule has 2 heteroatoms. The SMILES string of the molecule is C=C(C)/C=C\C(=C)CN1CCOCC1. The molecule has 0 aromatic carbocycles. The van der Waals surface area contributed by atoms with Crippen LogP contribution >= 0.6 is 0 Å². The van der Waals surface area contributed by atoms with Crippen LogP contribution in [0.4, 0.5) is 0 Å². The molecule has 1 aliphatic rings. The summed E-state index contributed by atoms with van der Waals surface area (Å²) >= 11 is 0. The molecule has 1 aliphatic heterocycles. The van der Waals surface area contributed by atoms with Crippen LogP contribution in [-0.4, -0.2) is 37.7 Å². The monoisotopic (exact) mass is 193 g/mol. The van der Waals surface area contributed by atoms with Crippen LogP contribution in [-0.2, 0) is 4.74 Å². The number of allylic oxidation sites excluding steroid dienone is 2. The number of hydrogen-bond donors (Lipinski definition) is 0. The van der Waals surface area contributed by atoms with Gasteiger partial charge in [-0.3, -0.25) is 4.90 Å². The highest BCUT2D eigenvalue weighted by Gasteiger charge is 2.09. The van der Waals surface area contributed by atoms with Gasteiger partial charge in [-0.05, 0) is 12.5 Å². The van der Waals surface area contributed by atoms with Gasteiger partial charge >= 0.3 is 0 Å². The minimum atomic E-state index is 0.845. The Balaban J connectivity index is 2.28. The third kappa shape index (κ3) is 4.40. The number of rotatable bonds is 4. The molecule has 1 rings (SSSR count). The summed E-state index contributed by atoms with van der Waals surface area (Å²) < 4.78 is 5.28. The summed E-state index contributed by atoms with van der Waals surface area (Å²) in [5, 5.41) is 0. The second-order valence-electron chi connectivity index (χ2n) is 3.73. The van der Waals surface area contributed by atoms with Crippen molar-refractivity contribution in [2.45, 2.75) is 6.92 Å². The van der Waals surface area contributed by atoms with Gasteiger partial charge in [-0.15, -0.1) is 0 Å². The molecule has 0 unspecified atom stereocenters. The van der Waals surface area contributed by atoms with Crippen molar-refractivity contribution in [2.24, 2.45) is 0 Å². The normalized spacial score (nSPS) is 18.6. The zero-order valence-corrected chi connectivity index (χ0v) is 8.96. The molecule has 0 atom stereocenters. The minimum Gasteiger partial charge on any atom is -0.379 e. The van der Waals surface area contributed by atoms with Gasteiger partial charge < -0.3 is 4.74 Å². The smallest absolute Gasteiger partial charge is 0.0594 e. The van der Waals surface area contributed by atoms with E-state index in [0.717, 1.165) is 44.0 Å². The largest absolute Gasteiger partial charge is 0.379 e. The van der Waals surface area contributed by atoms with Crippen molar-refractivity contribution in [1.82, 2.24) is 4.90 Å². The van der Waals surface area contributed by atoms with E-state index in [1.54, 1.807) is 0 Å². The standard InChI is InChI=1S/C12H19NO/c1-11(2)4-5-12(3)10-13-6-8-14-9-7-13/h4-5H,1,3,6-10H2,2H3/b5-4-. The Kier molecular flexibility index (Phi) is 4.63. The van der Waals surface area contributed by atoms with Crippen LogP contribution in [0.5, 0.6) is 0 Å². The molecule has 78 valence electrons. The molecule has 0 amide bonds. The summed E-state index contributed by atoms with van der Waals surface area (Å²) in [6.07, 6.45) is 4.04. The van der Waals surface area contributed by atoms with Crippen LogP contribution < -0.4 is 0 Å². The van der Waals surface area contributed by atoms with Crippen LogP contribution in [0.3, 0.4) is 0 Å². The molecule has 1 heterocycles. The molecule has 0 N–H and O–H groups in total. The lowest BCUT2D eigenvalue weighted by atomic mass is 10.2. The first-order chi connectivity index (χ1) is 6.68. The van der Waals surface area contributed by atoms with Crippen molar-refractivity contribution in [3.63, 3.8) is 0 Å². The highest BCUT2D eigenvalue weighted by atomic mass is 16.5. The Bertz CT molecular complexity index is 237. The van der Waals surface area contributed by atoms with Gasteiger partial charge in [-0.1, -0.05) is 30.9 Å². The lowest BCUT2D eigenvalue weighted by Crippen LogP contribution is -2.37. The molecule has 0 aromatic rings. The van der Waals surface area contributed by atoms with E-state index in [9.17, 15) is 0 Å². The third-order valence-electron chi connectivity index (χ3n) is 2.13. The Hall–Kier alpha value is -0.860. The molecule has 0 aliphatic carbocycles. The molecular formula is C12H19NO. The first kappa shape index (κ1) is 11.2. The van der Waals surface area contributed by atoms with E-state index in [4.69, 9.17) is 4.74 Å². The fraction of sp³-hybridized carbons (Fsp3) is 0.500. The van der Waals surface area contributed by atoms with Gasteiger partial charge in [0.2, 0.25) is 0 Å². The van der Waals surface area contributed by atoms with Crippen molar-refractivity contribution < 1.29 is 4.74 Å². The van der Waals surface area contributed by atoms with Gasteiger partial charge in [0.15, 0.2) is 0 Å². The molecule has 1 fully saturated rings. The number of nitrogens with zero attached hydrogens (tertiary/aromatic N) is 1. The van der Waals surface area contributed by atoms with Crippen molar-refractivity contribution in [3.8, 4) is 0 Å². The number of ether oxygens (including phenoxy) is 1. The maximum Gasteiger partial charge on any atom is 0.0594 e. The van der Waals surface area contributed by atoms with Crippen LogP contribution in [0.2, 0.25) is 0 Å². The summed E-state index contributed by atoms with van der Waals surface area (Å²) in [7, 11) is 0. The van der Waals surface area contributed by atoms with Gasteiger partial charge in [0.05, 0.1) is 13.2 Å². The van der Waals surface area contributed by atoms with Gasteiger partial charge in [0, 0.05) is 19.6 Å². The van der Waals surface area contributed by atoms with E-state index in [-0.39, 0.29) is 0 Å². The van der Waals surface area contributed by atoms with Crippen LogP contribution in [0.1, 0.15) is 6.92 Å². The lowest BCUT2D eigenvalue weighted by Gasteiger charge is -2.26. The highest BCUT2D eigenvalue weighted by molar-refractivity contribution is 5.23. The predicted octanol–water partition coefficient (Wildman–Crippen LogP) is 2.01. The molecule has 0 aromatic heterocycles. The van der Waals surface area contributed by atoms with Gasteiger partial charge in [-0.25, -0.2) is 0 Å². The molecule has 0 bridgehead atoms. The predicted molar refractivity (Wildman–Crippen MR) is 60.4 cm³/mol. The maximum absolute atomic E-state index is 5.28. The quantitative estimate of drug-likeness (QED) is 0.633. The maximum atomic E-state index is 5.28. The summed E-state index contributed by atoms with van der Waals surface area (Å²) in [6, 6.07) is 0. The molecule has 0 saturated carbocycles. The molecular weight excluding hydrogens is 174 g/mol. The van der Waals surface area contributed by atoms with Crippen molar-refractivity contribution in [2.75, 3.05) is 32.8 Å². The minimum absolute atomic E-state index is 0.845. The topological polar surface area (TPSA) is 12.5 Å². The average Bonchev–Trinajstić information content (AvgIpc) is 2.16. The van der Waals surface area contributed by atoms with E-state index >= 15 is 0 Å². The Labute approximate surface area is 86.6 Å². The fourth-order valence-electron chi connectivity index (χ4n) is 1.36. The summed E-state index contributed by atoms with van der Waals surface area (Å²) in [5.74, 6) is 0. The van der Waals surface area contributed by atoms with Crippen molar-refractivity contribution in [3.05, 3.63) is 36.5 Å². The second-order valence-corrected chi connectivity index (χ2v) is 3.73. The Morgan fingerprint density at radius 1 is 1.29 bits per heavy atom. The summed E-state index contributed by atoms with van der Waals surface area (Å²) in [6.45, 7) is 14.5. The van der Waals surface area contributed by atoms with E-state index in [0.29, 0.717) is 0 Å². The molecule has 14 heavy (non-hydrogen) atoms. The Morgan fingerprint density at radius 2 is 1.93 bits per heavy atom. The fourth-order valence-corrected chi connectivity index (χ4v) is 1.36. The molecule has 2 nitrogen and oxygen atoms in total. The van der Waals surface area contributed by atoms with E-state index < -0.39 is 0 Å². The lowest BCUT2D eigenvalue weighted by molar-refractivity contribution is 0.0426. The van der Waals surface area contributed by atoms with Gasteiger partial charge in [-0.2, -0.15) is 0 Å². The second kappa shape index (κ2) is 5.78. The third-order valence-corrected chi connectivity index (χ3v) is 2.13. The van der Waals surface area contributed by atoms with Gasteiger partial charge in [0.1, 0.15) is 0 Å². The van der Waals surface area contributed by atoms with Crippen LogP contribution in [0, 0.1) is 0 Å². The molecule has 1 saturated heterocycles. The molecule has 0 radical (unpaired) electrons. The van der Waals surface area contributed by atoms with Crippen LogP contribution in [0.25, 0.3) is 0 Å². The van der Waals surface area contributed by atoms with E-state index in [1.165, 1.54) is 0 Å². The van der Waals surface area contributed by atoms with E-state index in [1.807, 2.05) is 19.1 Å². The summed E-state index contributed by atoms with van der Waals surface area (Å²) in [4.78, 5) is 2.36. The average molecular weight is 193 g/mol. The zero-order chi connectivity index (χ0) is 10.4. The highest BCUT2D eigenvalue weighted by Crippen LogP contribution is 2.03. The first-order valence-electron chi connectivity index (χ1n) is 5.00. The van der Waals surface area contributed by atoms with Crippen molar-refractivity contribution >= 4 is 0 Å². The van der Waals surface area contributed by atoms with Gasteiger partial charge in [0.25, 0.3) is 0 Å². The number of morpholine rings is 1. The molecule has 0 spiro atoms. The summed E-state index contributed by atoms with van der Waals surface area (Å²) in [5.41, 5.74) is 2.20. The van der Waals surface area contributed by atoms with Crippen LogP contribution in [0.15, 0.2) is 36.5 Å². The van der Waals surface area contributed by atoms with Crippen molar-refractivity contribution in [1.29, 1.82) is 0 Å². The Morgan fingerprint density at radius 3 is 2.50 bits per heavy atom. The zero-order valence-electron chi connectivity index (χ0n) is 8.96. The first-order valence-corrected chi connectivity index (χ1v) is 5.00. The number of hydrogen-bond acceptors (Lipinski definition) is 2.